The summed E-state index contributed by atoms with van der Waals surface area (Å²) in [6.07, 6.45) is 6.28. The highest BCUT2D eigenvalue weighted by Crippen LogP contribution is 2.38. The number of hydrogen-bond donors (Lipinski definition) is 1. The number of aromatic nitrogens is 1. The van der Waals surface area contributed by atoms with Crippen LogP contribution in [0, 0.1) is 5.41 Å². The summed E-state index contributed by atoms with van der Waals surface area (Å²) in [7, 11) is 2.11. The van der Waals surface area contributed by atoms with Crippen molar-refractivity contribution in [2.24, 2.45) is 5.41 Å². The molecule has 0 amide bonds. The Kier molecular flexibility index (Phi) is 4.14. The van der Waals surface area contributed by atoms with Crippen LogP contribution in [0.3, 0.4) is 0 Å². The minimum atomic E-state index is -0.466. The fraction of sp³-hybridized carbons (Fsp3) is 0.688. The Morgan fingerprint density at radius 2 is 2.00 bits per heavy atom. The molecule has 0 saturated heterocycles. The first-order valence-corrected chi connectivity index (χ1v) is 7.26. The molecule has 1 fully saturated rings. The van der Waals surface area contributed by atoms with Crippen molar-refractivity contribution in [1.82, 2.24) is 4.98 Å². The van der Waals surface area contributed by atoms with Gasteiger partial charge in [-0.2, -0.15) is 0 Å². The lowest BCUT2D eigenvalue weighted by Gasteiger charge is -2.39. The van der Waals surface area contributed by atoms with Gasteiger partial charge in [-0.25, -0.2) is 4.98 Å². The molecule has 1 atom stereocenters. The molecule has 0 radical (unpaired) electrons. The Labute approximate surface area is 116 Å². The van der Waals surface area contributed by atoms with Crippen molar-refractivity contribution in [2.45, 2.75) is 58.6 Å². The van der Waals surface area contributed by atoms with E-state index in [9.17, 15) is 5.11 Å². The Morgan fingerprint density at radius 1 is 1.37 bits per heavy atom. The number of aliphatic hydroxyl groups excluding tert-OH is 1. The molecule has 1 aliphatic carbocycles. The fourth-order valence-corrected chi connectivity index (χ4v) is 2.97. The van der Waals surface area contributed by atoms with Crippen molar-refractivity contribution in [1.29, 1.82) is 0 Å². The van der Waals surface area contributed by atoms with E-state index in [0.717, 1.165) is 11.4 Å². The average Bonchev–Trinajstić information content (AvgIpc) is 2.38. The predicted octanol–water partition coefficient (Wildman–Crippen LogP) is 3.54. The summed E-state index contributed by atoms with van der Waals surface area (Å²) < 4.78 is 0. The van der Waals surface area contributed by atoms with Crippen LogP contribution in [0.25, 0.3) is 0 Å². The van der Waals surface area contributed by atoms with E-state index in [4.69, 9.17) is 0 Å². The Hall–Kier alpha value is -1.09. The third-order valence-electron chi connectivity index (χ3n) is 4.46. The molecule has 0 spiro atoms. The van der Waals surface area contributed by atoms with E-state index in [1.807, 2.05) is 18.3 Å². The summed E-state index contributed by atoms with van der Waals surface area (Å²) >= 11 is 0. The van der Waals surface area contributed by atoms with Crippen LogP contribution in [-0.4, -0.2) is 23.2 Å². The number of hydrogen-bond acceptors (Lipinski definition) is 3. The molecule has 0 bridgehead atoms. The third-order valence-corrected chi connectivity index (χ3v) is 4.46. The largest absolute Gasteiger partial charge is 0.389 e. The molecule has 1 aromatic rings. The minimum absolute atomic E-state index is 0.466. The molecule has 1 heterocycles. The molecule has 3 heteroatoms. The molecule has 19 heavy (non-hydrogen) atoms. The van der Waals surface area contributed by atoms with E-state index >= 15 is 0 Å². The van der Waals surface area contributed by atoms with Gasteiger partial charge in [0.2, 0.25) is 0 Å². The lowest BCUT2D eigenvalue weighted by molar-refractivity contribution is 0.197. The van der Waals surface area contributed by atoms with E-state index in [-0.39, 0.29) is 0 Å². The van der Waals surface area contributed by atoms with Gasteiger partial charge in [0, 0.05) is 24.8 Å². The number of pyridine rings is 1. The molecule has 2 rings (SSSR count). The van der Waals surface area contributed by atoms with E-state index in [0.29, 0.717) is 11.5 Å². The van der Waals surface area contributed by atoms with Crippen molar-refractivity contribution >= 4 is 5.82 Å². The van der Waals surface area contributed by atoms with Crippen molar-refractivity contribution < 1.29 is 5.11 Å². The van der Waals surface area contributed by atoms with Gasteiger partial charge in [0.05, 0.1) is 6.10 Å². The Bertz CT molecular complexity index is 419. The summed E-state index contributed by atoms with van der Waals surface area (Å²) in [5, 5.41) is 9.87. The smallest absolute Gasteiger partial charge is 0.134 e. The lowest BCUT2D eigenvalue weighted by Crippen LogP contribution is -2.38. The zero-order chi connectivity index (χ0) is 14.0. The fourth-order valence-electron chi connectivity index (χ4n) is 2.97. The van der Waals surface area contributed by atoms with Gasteiger partial charge in [0.15, 0.2) is 0 Å². The second kappa shape index (κ2) is 5.49. The van der Waals surface area contributed by atoms with Crippen LogP contribution in [0.1, 0.15) is 58.1 Å². The predicted molar refractivity (Wildman–Crippen MR) is 79.3 cm³/mol. The summed E-state index contributed by atoms with van der Waals surface area (Å²) in [5.74, 6) is 0.933. The second-order valence-corrected chi connectivity index (χ2v) is 6.60. The normalized spacial score (nSPS) is 21.1. The van der Waals surface area contributed by atoms with Gasteiger partial charge in [-0.05, 0) is 44.1 Å². The van der Waals surface area contributed by atoms with Gasteiger partial charge in [-0.3, -0.25) is 0 Å². The molecule has 1 saturated carbocycles. The monoisotopic (exact) mass is 262 g/mol. The number of rotatable bonds is 3. The number of nitrogens with zero attached hydrogens (tertiary/aromatic N) is 2. The van der Waals surface area contributed by atoms with Gasteiger partial charge < -0.3 is 10.0 Å². The van der Waals surface area contributed by atoms with E-state index in [1.54, 1.807) is 6.92 Å². The van der Waals surface area contributed by atoms with Crippen LogP contribution < -0.4 is 4.90 Å². The summed E-state index contributed by atoms with van der Waals surface area (Å²) in [6.45, 7) is 6.51. The molecule has 106 valence electrons. The topological polar surface area (TPSA) is 36.4 Å². The van der Waals surface area contributed by atoms with Crippen LogP contribution in [0.5, 0.6) is 0 Å². The summed E-state index contributed by atoms with van der Waals surface area (Å²) in [4.78, 5) is 6.74. The first kappa shape index (κ1) is 14.3. The maximum atomic E-state index is 9.87. The van der Waals surface area contributed by atoms with Gasteiger partial charge in [-0.1, -0.05) is 19.9 Å². The van der Waals surface area contributed by atoms with Crippen molar-refractivity contribution in [3.63, 3.8) is 0 Å². The Morgan fingerprint density at radius 3 is 2.58 bits per heavy atom. The van der Waals surface area contributed by atoms with E-state index in [1.165, 1.54) is 25.7 Å². The highest BCUT2D eigenvalue weighted by Gasteiger charge is 2.30. The molecule has 1 aromatic heterocycles. The van der Waals surface area contributed by atoms with Crippen LogP contribution in [0.15, 0.2) is 18.3 Å². The zero-order valence-electron chi connectivity index (χ0n) is 12.6. The molecule has 0 aliphatic heterocycles. The van der Waals surface area contributed by atoms with Gasteiger partial charge in [-0.15, -0.1) is 0 Å². The van der Waals surface area contributed by atoms with Crippen molar-refractivity contribution in [2.75, 3.05) is 11.9 Å². The number of anilines is 1. The van der Waals surface area contributed by atoms with Gasteiger partial charge >= 0.3 is 0 Å². The highest BCUT2D eigenvalue weighted by molar-refractivity contribution is 5.48. The summed E-state index contributed by atoms with van der Waals surface area (Å²) in [5.41, 5.74) is 1.41. The third kappa shape index (κ3) is 3.27. The van der Waals surface area contributed by atoms with Gasteiger partial charge in [0.25, 0.3) is 0 Å². The van der Waals surface area contributed by atoms with Crippen LogP contribution in [0.2, 0.25) is 0 Å². The van der Waals surface area contributed by atoms with Crippen molar-refractivity contribution in [3.05, 3.63) is 23.9 Å². The molecular formula is C16H26N2O. The standard InChI is InChI=1S/C16H26N2O/c1-12(19)14-6-5-11-17-15(14)18(4)13-7-9-16(2,3)10-8-13/h5-6,11-13,19H,7-10H2,1-4H3/t12-/m0/s1. The maximum absolute atomic E-state index is 9.87. The zero-order valence-corrected chi connectivity index (χ0v) is 12.6. The average molecular weight is 262 g/mol. The lowest BCUT2D eigenvalue weighted by atomic mass is 9.75. The molecule has 0 aromatic carbocycles. The maximum Gasteiger partial charge on any atom is 0.134 e. The molecule has 0 unspecified atom stereocenters. The molecular weight excluding hydrogens is 236 g/mol. The highest BCUT2D eigenvalue weighted by atomic mass is 16.3. The number of aliphatic hydroxyl groups is 1. The molecule has 3 nitrogen and oxygen atoms in total. The SMILES string of the molecule is C[C@H](O)c1cccnc1N(C)C1CCC(C)(C)CC1. The van der Waals surface area contributed by atoms with Crippen LogP contribution in [-0.2, 0) is 0 Å². The van der Waals surface area contributed by atoms with E-state index < -0.39 is 6.10 Å². The summed E-state index contributed by atoms with van der Waals surface area (Å²) in [6, 6.07) is 4.40. The first-order valence-electron chi connectivity index (χ1n) is 7.26. The first-order chi connectivity index (χ1) is 8.91. The quantitative estimate of drug-likeness (QED) is 0.905. The van der Waals surface area contributed by atoms with Gasteiger partial charge in [0.1, 0.15) is 5.82 Å². The molecule has 1 aliphatic rings. The molecule has 1 N–H and O–H groups in total. The van der Waals surface area contributed by atoms with Crippen LogP contribution >= 0.6 is 0 Å². The Balaban J connectivity index is 2.14. The minimum Gasteiger partial charge on any atom is -0.389 e. The van der Waals surface area contributed by atoms with E-state index in [2.05, 4.69) is 30.8 Å². The van der Waals surface area contributed by atoms with Crippen LogP contribution in [0.4, 0.5) is 5.82 Å². The van der Waals surface area contributed by atoms with Crippen molar-refractivity contribution in [3.8, 4) is 0 Å². The second-order valence-electron chi connectivity index (χ2n) is 6.60.